The minimum absolute atomic E-state index is 0.139. The van der Waals surface area contributed by atoms with Gasteiger partial charge in [-0.2, -0.15) is 0 Å². The first kappa shape index (κ1) is 12.9. The molecule has 4 heteroatoms. The summed E-state index contributed by atoms with van der Waals surface area (Å²) in [6.45, 7) is 4.58. The Morgan fingerprint density at radius 3 is 2.94 bits per heavy atom. The van der Waals surface area contributed by atoms with Gasteiger partial charge < -0.3 is 15.2 Å². The maximum Gasteiger partial charge on any atom is 0.304 e. The molecular formula is C14H19NO3. The Labute approximate surface area is 107 Å². The summed E-state index contributed by atoms with van der Waals surface area (Å²) in [5.74, 6) is 0.115. The second-order valence-corrected chi connectivity index (χ2v) is 5.25. The first-order chi connectivity index (χ1) is 8.48. The molecule has 0 fully saturated rings. The molecule has 18 heavy (non-hydrogen) atoms. The van der Waals surface area contributed by atoms with E-state index in [2.05, 4.69) is 19.2 Å². The molecule has 4 nitrogen and oxygen atoms in total. The van der Waals surface area contributed by atoms with Crippen LogP contribution in [0.1, 0.15) is 38.3 Å². The lowest BCUT2D eigenvalue weighted by Gasteiger charge is -2.38. The first-order valence-electron chi connectivity index (χ1n) is 6.21. The molecule has 0 aliphatic carbocycles. The zero-order valence-electron chi connectivity index (χ0n) is 10.8. The number of benzene rings is 1. The van der Waals surface area contributed by atoms with Crippen molar-refractivity contribution in [1.29, 1.82) is 0 Å². The fraction of sp³-hybridized carbons (Fsp3) is 0.500. The van der Waals surface area contributed by atoms with Gasteiger partial charge in [-0.05, 0) is 19.9 Å². The second kappa shape index (κ2) is 4.98. The van der Waals surface area contributed by atoms with Crippen LogP contribution in [0, 0.1) is 0 Å². The van der Waals surface area contributed by atoms with E-state index in [1.54, 1.807) is 0 Å². The molecule has 1 aliphatic heterocycles. The quantitative estimate of drug-likeness (QED) is 0.860. The molecule has 2 rings (SSSR count). The zero-order valence-corrected chi connectivity index (χ0v) is 10.8. The van der Waals surface area contributed by atoms with Gasteiger partial charge in [0.05, 0.1) is 6.42 Å². The number of para-hydroxylation sites is 1. The topological polar surface area (TPSA) is 58.6 Å². The monoisotopic (exact) mass is 249 g/mol. The van der Waals surface area contributed by atoms with E-state index in [0.717, 1.165) is 17.7 Å². The summed E-state index contributed by atoms with van der Waals surface area (Å²) in [5, 5.41) is 12.0. The normalized spacial score (nSPS) is 20.9. The van der Waals surface area contributed by atoms with Crippen LogP contribution in [-0.4, -0.2) is 23.2 Å². The van der Waals surface area contributed by atoms with E-state index < -0.39 is 5.97 Å². The first-order valence-corrected chi connectivity index (χ1v) is 6.21. The number of ether oxygens (including phenoxy) is 1. The van der Waals surface area contributed by atoms with Crippen LogP contribution in [0.5, 0.6) is 5.75 Å². The smallest absolute Gasteiger partial charge is 0.304 e. The second-order valence-electron chi connectivity index (χ2n) is 5.25. The van der Waals surface area contributed by atoms with Crippen LogP contribution >= 0.6 is 0 Å². The molecule has 0 radical (unpaired) electrons. The van der Waals surface area contributed by atoms with Gasteiger partial charge in [0.15, 0.2) is 0 Å². The predicted octanol–water partition coefficient (Wildman–Crippen LogP) is 2.35. The largest absolute Gasteiger partial charge is 0.487 e. The van der Waals surface area contributed by atoms with E-state index in [1.165, 1.54) is 0 Å². The van der Waals surface area contributed by atoms with Gasteiger partial charge in [0.25, 0.3) is 0 Å². The molecule has 1 aliphatic rings. The lowest BCUT2D eigenvalue weighted by molar-refractivity contribution is -0.136. The van der Waals surface area contributed by atoms with Gasteiger partial charge in [0, 0.05) is 24.6 Å². The molecule has 1 unspecified atom stereocenters. The number of aliphatic carboxylic acids is 1. The highest BCUT2D eigenvalue weighted by molar-refractivity contribution is 5.66. The van der Waals surface area contributed by atoms with Crippen molar-refractivity contribution < 1.29 is 14.6 Å². The summed E-state index contributed by atoms with van der Waals surface area (Å²) in [5.41, 5.74) is 0.886. The van der Waals surface area contributed by atoms with Crippen molar-refractivity contribution in [2.75, 3.05) is 6.54 Å². The maximum absolute atomic E-state index is 10.5. The average Bonchev–Trinajstić information content (AvgIpc) is 2.27. The van der Waals surface area contributed by atoms with Crippen molar-refractivity contribution in [3.05, 3.63) is 29.8 Å². The van der Waals surface area contributed by atoms with E-state index in [9.17, 15) is 4.79 Å². The fourth-order valence-electron chi connectivity index (χ4n) is 2.34. The molecule has 0 amide bonds. The van der Waals surface area contributed by atoms with Gasteiger partial charge in [-0.3, -0.25) is 4.79 Å². The number of nitrogens with one attached hydrogen (secondary N) is 1. The lowest BCUT2D eigenvalue weighted by atomic mass is 9.89. The van der Waals surface area contributed by atoms with Gasteiger partial charge in [-0.1, -0.05) is 18.2 Å². The third-order valence-electron chi connectivity index (χ3n) is 3.11. The van der Waals surface area contributed by atoms with Crippen LogP contribution in [0.2, 0.25) is 0 Å². The zero-order chi connectivity index (χ0) is 13.2. The van der Waals surface area contributed by atoms with E-state index in [0.29, 0.717) is 6.54 Å². The summed E-state index contributed by atoms with van der Waals surface area (Å²) in [6, 6.07) is 8.08. The number of carboxylic acids is 1. The van der Waals surface area contributed by atoms with Crippen LogP contribution in [0.15, 0.2) is 24.3 Å². The summed E-state index contributed by atoms with van der Waals surface area (Å²) < 4.78 is 5.92. The van der Waals surface area contributed by atoms with Crippen molar-refractivity contribution in [3.63, 3.8) is 0 Å². The predicted molar refractivity (Wildman–Crippen MR) is 68.8 cm³/mol. The van der Waals surface area contributed by atoms with E-state index in [-0.39, 0.29) is 18.1 Å². The third kappa shape index (κ3) is 3.01. The van der Waals surface area contributed by atoms with Crippen molar-refractivity contribution in [2.45, 2.75) is 38.3 Å². The average molecular weight is 249 g/mol. The minimum atomic E-state index is -0.776. The van der Waals surface area contributed by atoms with Gasteiger partial charge in [0.2, 0.25) is 0 Å². The minimum Gasteiger partial charge on any atom is -0.487 e. The Morgan fingerprint density at radius 1 is 1.50 bits per heavy atom. The highest BCUT2D eigenvalue weighted by Crippen LogP contribution is 2.38. The SMILES string of the molecule is CC1(C)CC(NCCC(=O)O)c2ccccc2O1. The molecule has 0 saturated heterocycles. The number of hydrogen-bond acceptors (Lipinski definition) is 3. The van der Waals surface area contributed by atoms with Gasteiger partial charge >= 0.3 is 5.97 Å². The molecule has 1 heterocycles. The Bertz CT molecular complexity index is 442. The van der Waals surface area contributed by atoms with Gasteiger partial charge in [0.1, 0.15) is 11.4 Å². The summed E-state index contributed by atoms with van der Waals surface area (Å²) in [4.78, 5) is 10.5. The van der Waals surface area contributed by atoms with Gasteiger partial charge in [-0.25, -0.2) is 0 Å². The molecule has 1 atom stereocenters. The Morgan fingerprint density at radius 2 is 2.22 bits per heavy atom. The van der Waals surface area contributed by atoms with Crippen molar-refractivity contribution in [1.82, 2.24) is 5.32 Å². The Hall–Kier alpha value is -1.55. The number of fused-ring (bicyclic) bond motifs is 1. The van der Waals surface area contributed by atoms with Crippen LogP contribution in [0.3, 0.4) is 0 Å². The number of carbonyl (C=O) groups is 1. The Balaban J connectivity index is 2.12. The van der Waals surface area contributed by atoms with Crippen LogP contribution in [0.25, 0.3) is 0 Å². The molecule has 0 bridgehead atoms. The highest BCUT2D eigenvalue weighted by atomic mass is 16.5. The molecule has 0 spiro atoms. The highest BCUT2D eigenvalue weighted by Gasteiger charge is 2.33. The molecular weight excluding hydrogens is 230 g/mol. The number of hydrogen-bond donors (Lipinski definition) is 2. The maximum atomic E-state index is 10.5. The standard InChI is InChI=1S/C14H19NO3/c1-14(2)9-11(15-8-7-13(16)17)10-5-3-4-6-12(10)18-14/h3-6,11,15H,7-9H2,1-2H3,(H,16,17). The van der Waals surface area contributed by atoms with E-state index in [4.69, 9.17) is 9.84 Å². The van der Waals surface area contributed by atoms with E-state index >= 15 is 0 Å². The summed E-state index contributed by atoms with van der Waals surface area (Å²) in [7, 11) is 0. The third-order valence-corrected chi connectivity index (χ3v) is 3.11. The molecule has 1 aromatic rings. The Kier molecular flexibility index (Phi) is 3.57. The number of carboxylic acid groups (broad SMARTS) is 1. The molecule has 98 valence electrons. The van der Waals surface area contributed by atoms with Gasteiger partial charge in [-0.15, -0.1) is 0 Å². The molecule has 2 N–H and O–H groups in total. The molecule has 0 saturated carbocycles. The van der Waals surface area contributed by atoms with Crippen LogP contribution < -0.4 is 10.1 Å². The van der Waals surface area contributed by atoms with Crippen molar-refractivity contribution in [3.8, 4) is 5.75 Å². The van der Waals surface area contributed by atoms with Crippen molar-refractivity contribution >= 4 is 5.97 Å². The lowest BCUT2D eigenvalue weighted by Crippen LogP contribution is -2.39. The van der Waals surface area contributed by atoms with E-state index in [1.807, 2.05) is 24.3 Å². The van der Waals surface area contributed by atoms with Crippen LogP contribution in [-0.2, 0) is 4.79 Å². The van der Waals surface area contributed by atoms with Crippen molar-refractivity contribution in [2.24, 2.45) is 0 Å². The summed E-state index contributed by atoms with van der Waals surface area (Å²) in [6.07, 6.45) is 0.976. The molecule has 1 aromatic carbocycles. The molecule has 0 aromatic heterocycles. The van der Waals surface area contributed by atoms with Crippen LogP contribution in [0.4, 0.5) is 0 Å². The fourth-order valence-corrected chi connectivity index (χ4v) is 2.34. The number of rotatable bonds is 4. The summed E-state index contributed by atoms with van der Waals surface area (Å²) >= 11 is 0.